The summed E-state index contributed by atoms with van der Waals surface area (Å²) in [4.78, 5) is 21.4. The van der Waals surface area contributed by atoms with Crippen LogP contribution in [0.25, 0.3) is 0 Å². The number of halogens is 1. The molecule has 0 aliphatic carbocycles. The van der Waals surface area contributed by atoms with Crippen LogP contribution in [0.5, 0.6) is 0 Å². The van der Waals surface area contributed by atoms with Crippen LogP contribution in [0.3, 0.4) is 0 Å². The third kappa shape index (κ3) is 5.47. The lowest BCUT2D eigenvalue weighted by Gasteiger charge is -2.05. The lowest BCUT2D eigenvalue weighted by Crippen LogP contribution is -2.16. The van der Waals surface area contributed by atoms with E-state index >= 15 is 0 Å². The van der Waals surface area contributed by atoms with Gasteiger partial charge in [-0.15, -0.1) is 11.6 Å². The van der Waals surface area contributed by atoms with Crippen molar-refractivity contribution in [1.29, 1.82) is 0 Å². The van der Waals surface area contributed by atoms with Crippen LogP contribution in [0.4, 0.5) is 0 Å². The van der Waals surface area contributed by atoms with Gasteiger partial charge in [-0.3, -0.25) is 9.59 Å². The van der Waals surface area contributed by atoms with E-state index in [1.807, 2.05) is 0 Å². The molecule has 0 saturated heterocycles. The van der Waals surface area contributed by atoms with Gasteiger partial charge in [-0.2, -0.15) is 0 Å². The predicted octanol–water partition coefficient (Wildman–Crippen LogP) is 1.11. The first-order chi connectivity index (χ1) is 6.11. The highest BCUT2D eigenvalue weighted by molar-refractivity contribution is 6.29. The number of rotatable bonds is 5. The Morgan fingerprint density at radius 3 is 2.38 bits per heavy atom. The van der Waals surface area contributed by atoms with Crippen LogP contribution in [0, 0.1) is 0 Å². The summed E-state index contributed by atoms with van der Waals surface area (Å²) in [6, 6.07) is 0. The second-order valence-corrected chi connectivity index (χ2v) is 2.99. The highest BCUT2D eigenvalue weighted by Crippen LogP contribution is 2.09. The number of methoxy groups -OCH3 is 2. The highest BCUT2D eigenvalue weighted by atomic mass is 35.5. The van der Waals surface area contributed by atoms with Crippen molar-refractivity contribution in [3.8, 4) is 0 Å². The van der Waals surface area contributed by atoms with Crippen molar-refractivity contribution in [2.75, 3.05) is 14.2 Å². The molecule has 1 atom stereocenters. The van der Waals surface area contributed by atoms with Gasteiger partial charge >= 0.3 is 11.9 Å². The Morgan fingerprint density at radius 2 is 1.92 bits per heavy atom. The summed E-state index contributed by atoms with van der Waals surface area (Å²) in [6.45, 7) is 0. The third-order valence-corrected chi connectivity index (χ3v) is 1.92. The Bertz CT molecular complexity index is 181. The molecule has 0 amide bonds. The minimum absolute atomic E-state index is 0.275. The average molecular weight is 209 g/mol. The lowest BCUT2D eigenvalue weighted by atomic mass is 10.2. The quantitative estimate of drug-likeness (QED) is 0.502. The molecule has 0 aromatic rings. The molecular weight excluding hydrogens is 196 g/mol. The Hall–Kier alpha value is -0.770. The van der Waals surface area contributed by atoms with E-state index in [4.69, 9.17) is 11.6 Å². The van der Waals surface area contributed by atoms with Gasteiger partial charge in [0.25, 0.3) is 0 Å². The van der Waals surface area contributed by atoms with E-state index in [0.717, 1.165) is 0 Å². The number of alkyl halides is 1. The molecule has 0 aromatic heterocycles. The molecule has 0 fully saturated rings. The van der Waals surface area contributed by atoms with Crippen molar-refractivity contribution < 1.29 is 19.1 Å². The molecule has 76 valence electrons. The largest absolute Gasteiger partial charge is 0.469 e. The lowest BCUT2D eigenvalue weighted by molar-refractivity contribution is -0.142. The summed E-state index contributed by atoms with van der Waals surface area (Å²) in [5, 5.41) is -0.672. The van der Waals surface area contributed by atoms with Gasteiger partial charge in [-0.25, -0.2) is 0 Å². The molecule has 0 spiro atoms. The molecule has 4 nitrogen and oxygen atoms in total. The van der Waals surface area contributed by atoms with Gasteiger partial charge in [0.1, 0.15) is 5.38 Å². The van der Waals surface area contributed by atoms with Crippen molar-refractivity contribution in [1.82, 2.24) is 0 Å². The van der Waals surface area contributed by atoms with E-state index in [1.54, 1.807) is 0 Å². The smallest absolute Gasteiger partial charge is 0.323 e. The van der Waals surface area contributed by atoms with Crippen LogP contribution in [-0.4, -0.2) is 31.5 Å². The average Bonchev–Trinajstić information content (AvgIpc) is 2.15. The van der Waals surface area contributed by atoms with Gasteiger partial charge < -0.3 is 9.47 Å². The number of carbonyl (C=O) groups is 2. The first kappa shape index (κ1) is 12.2. The van der Waals surface area contributed by atoms with E-state index in [2.05, 4.69) is 9.47 Å². The Kier molecular flexibility index (Phi) is 6.32. The second kappa shape index (κ2) is 6.71. The molecule has 0 aliphatic heterocycles. The zero-order valence-electron chi connectivity index (χ0n) is 7.71. The zero-order valence-corrected chi connectivity index (χ0v) is 8.47. The summed E-state index contributed by atoms with van der Waals surface area (Å²) in [5.74, 6) is -0.764. The van der Waals surface area contributed by atoms with Crippen LogP contribution in [0.15, 0.2) is 0 Å². The van der Waals surface area contributed by atoms with Crippen molar-refractivity contribution in [3.63, 3.8) is 0 Å². The first-order valence-electron chi connectivity index (χ1n) is 3.90. The summed E-state index contributed by atoms with van der Waals surface area (Å²) >= 11 is 5.63. The first-order valence-corrected chi connectivity index (χ1v) is 4.34. The fraction of sp³-hybridized carbons (Fsp3) is 0.750. The predicted molar refractivity (Wildman–Crippen MR) is 47.5 cm³/mol. The van der Waals surface area contributed by atoms with E-state index in [0.29, 0.717) is 12.8 Å². The Morgan fingerprint density at radius 1 is 1.31 bits per heavy atom. The van der Waals surface area contributed by atoms with Crippen LogP contribution in [0.2, 0.25) is 0 Å². The van der Waals surface area contributed by atoms with Crippen LogP contribution < -0.4 is 0 Å². The van der Waals surface area contributed by atoms with Crippen molar-refractivity contribution in [2.45, 2.75) is 24.6 Å². The number of ether oxygens (including phenoxy) is 2. The molecule has 13 heavy (non-hydrogen) atoms. The molecule has 0 radical (unpaired) electrons. The number of hydrogen-bond donors (Lipinski definition) is 0. The molecule has 0 aromatic carbocycles. The minimum atomic E-state index is -0.672. The number of hydrogen-bond acceptors (Lipinski definition) is 4. The molecule has 0 rings (SSSR count). The van der Waals surface area contributed by atoms with Gasteiger partial charge in [-0.1, -0.05) is 0 Å². The maximum absolute atomic E-state index is 10.8. The Labute approximate surface area is 82.1 Å². The fourth-order valence-corrected chi connectivity index (χ4v) is 1.02. The molecule has 5 heteroatoms. The highest BCUT2D eigenvalue weighted by Gasteiger charge is 2.15. The normalized spacial score (nSPS) is 11.9. The van der Waals surface area contributed by atoms with Crippen LogP contribution in [-0.2, 0) is 19.1 Å². The summed E-state index contributed by atoms with van der Waals surface area (Å²) in [6.07, 6.45) is 1.22. The summed E-state index contributed by atoms with van der Waals surface area (Å²) in [7, 11) is 2.60. The molecule has 0 aliphatic rings. The van der Waals surface area contributed by atoms with Crippen molar-refractivity contribution >= 4 is 23.5 Å². The fourth-order valence-electron chi connectivity index (χ4n) is 0.773. The summed E-state index contributed by atoms with van der Waals surface area (Å²) < 4.78 is 8.83. The maximum atomic E-state index is 10.8. The SMILES string of the molecule is COC(=O)CCCC(Cl)C(=O)OC. The minimum Gasteiger partial charge on any atom is -0.469 e. The van der Waals surface area contributed by atoms with Crippen LogP contribution in [0.1, 0.15) is 19.3 Å². The number of carbonyl (C=O) groups excluding carboxylic acids is 2. The summed E-state index contributed by atoms with van der Waals surface area (Å²) in [5.41, 5.74) is 0. The van der Waals surface area contributed by atoms with Crippen molar-refractivity contribution in [2.24, 2.45) is 0 Å². The van der Waals surface area contributed by atoms with Gasteiger partial charge in [0.2, 0.25) is 0 Å². The molecule has 0 bridgehead atoms. The maximum Gasteiger partial charge on any atom is 0.323 e. The van der Waals surface area contributed by atoms with Gasteiger partial charge in [0, 0.05) is 6.42 Å². The van der Waals surface area contributed by atoms with Crippen LogP contribution >= 0.6 is 11.6 Å². The Balaban J connectivity index is 3.53. The van der Waals surface area contributed by atoms with Gasteiger partial charge in [0.05, 0.1) is 14.2 Å². The van der Waals surface area contributed by atoms with Crippen molar-refractivity contribution in [3.05, 3.63) is 0 Å². The molecule has 0 N–H and O–H groups in total. The van der Waals surface area contributed by atoms with E-state index < -0.39 is 11.3 Å². The van der Waals surface area contributed by atoms with Gasteiger partial charge in [0.15, 0.2) is 0 Å². The third-order valence-electron chi connectivity index (χ3n) is 1.52. The van der Waals surface area contributed by atoms with E-state index in [1.165, 1.54) is 14.2 Å². The molecule has 0 saturated carbocycles. The van der Waals surface area contributed by atoms with Gasteiger partial charge in [-0.05, 0) is 12.8 Å². The monoisotopic (exact) mass is 208 g/mol. The van der Waals surface area contributed by atoms with E-state index in [-0.39, 0.29) is 12.4 Å². The topological polar surface area (TPSA) is 52.6 Å². The zero-order chi connectivity index (χ0) is 10.3. The standard InChI is InChI=1S/C8H13ClO4/c1-12-7(10)5-3-4-6(9)8(11)13-2/h6H,3-5H2,1-2H3. The molecule has 0 heterocycles. The van der Waals surface area contributed by atoms with E-state index in [9.17, 15) is 9.59 Å². The number of esters is 2. The molecule has 1 unspecified atom stereocenters. The molecular formula is C8H13ClO4. The second-order valence-electron chi connectivity index (χ2n) is 2.46.